The summed E-state index contributed by atoms with van der Waals surface area (Å²) in [5.74, 6) is 1.60. The summed E-state index contributed by atoms with van der Waals surface area (Å²) >= 11 is 0. The number of methoxy groups -OCH3 is 1. The fraction of sp³-hybridized carbons (Fsp3) is 0.467. The average Bonchev–Trinajstić information content (AvgIpc) is 2.29. The van der Waals surface area contributed by atoms with Crippen LogP contribution in [0.5, 0.6) is 5.75 Å². The molecule has 1 rings (SSSR count). The van der Waals surface area contributed by atoms with E-state index in [1.165, 1.54) is 11.1 Å². The maximum Gasteiger partial charge on any atom is 0.118 e. The number of benzene rings is 1. The largest absolute Gasteiger partial charge is 0.497 e. The molecule has 0 saturated heterocycles. The van der Waals surface area contributed by atoms with Crippen LogP contribution in [0, 0.1) is 5.92 Å². The van der Waals surface area contributed by atoms with E-state index in [1.807, 2.05) is 12.1 Å². The van der Waals surface area contributed by atoms with E-state index < -0.39 is 0 Å². The van der Waals surface area contributed by atoms with Crippen molar-refractivity contribution in [2.75, 3.05) is 20.2 Å². The van der Waals surface area contributed by atoms with Gasteiger partial charge in [-0.25, -0.2) is 0 Å². The molecule has 0 unspecified atom stereocenters. The Hall–Kier alpha value is -1.28. The molecule has 0 fully saturated rings. The van der Waals surface area contributed by atoms with Crippen LogP contribution in [0.1, 0.15) is 26.3 Å². The zero-order chi connectivity index (χ0) is 12.7. The molecule has 0 bridgehead atoms. The highest BCUT2D eigenvalue weighted by Gasteiger charge is 1.95. The van der Waals surface area contributed by atoms with Crippen LogP contribution >= 0.6 is 0 Å². The molecule has 2 nitrogen and oxygen atoms in total. The van der Waals surface area contributed by atoms with Crippen LogP contribution < -0.4 is 10.1 Å². The molecule has 0 amide bonds. The van der Waals surface area contributed by atoms with Crippen LogP contribution in [0.2, 0.25) is 0 Å². The maximum atomic E-state index is 5.13. The zero-order valence-corrected chi connectivity index (χ0v) is 11.3. The lowest BCUT2D eigenvalue weighted by atomic mass is 10.1. The molecule has 0 saturated carbocycles. The second-order valence-corrected chi connectivity index (χ2v) is 4.79. The summed E-state index contributed by atoms with van der Waals surface area (Å²) in [6.07, 6.45) is 2.20. The van der Waals surface area contributed by atoms with Crippen molar-refractivity contribution in [1.29, 1.82) is 0 Å². The molecule has 1 aromatic carbocycles. The fourth-order valence-corrected chi connectivity index (χ4v) is 1.59. The fourth-order valence-electron chi connectivity index (χ4n) is 1.59. The van der Waals surface area contributed by atoms with Gasteiger partial charge < -0.3 is 10.1 Å². The van der Waals surface area contributed by atoms with E-state index in [0.29, 0.717) is 5.92 Å². The van der Waals surface area contributed by atoms with Gasteiger partial charge in [-0.05, 0) is 37.1 Å². The van der Waals surface area contributed by atoms with Crippen molar-refractivity contribution in [3.05, 3.63) is 35.4 Å². The lowest BCUT2D eigenvalue weighted by molar-refractivity contribution is 0.415. The number of ether oxygens (including phenoxy) is 1. The van der Waals surface area contributed by atoms with Crippen LogP contribution in [0.15, 0.2) is 29.8 Å². The van der Waals surface area contributed by atoms with Gasteiger partial charge in [-0.1, -0.05) is 37.6 Å². The lowest BCUT2D eigenvalue weighted by Crippen LogP contribution is -2.21. The maximum absolute atomic E-state index is 5.13. The molecule has 17 heavy (non-hydrogen) atoms. The molecular weight excluding hydrogens is 210 g/mol. The van der Waals surface area contributed by atoms with Crippen LogP contribution in [-0.4, -0.2) is 20.2 Å². The first-order chi connectivity index (χ1) is 8.11. The third-order valence-electron chi connectivity index (χ3n) is 2.49. The number of hydrogen-bond donors (Lipinski definition) is 1. The van der Waals surface area contributed by atoms with Gasteiger partial charge in [0.05, 0.1) is 7.11 Å². The number of rotatable bonds is 6. The van der Waals surface area contributed by atoms with E-state index in [2.05, 4.69) is 44.3 Å². The standard InChI is InChI=1S/C15H23NO/c1-12(2)10-16-11-13(3)9-14-5-7-15(17-4)8-6-14/h5-9,12,16H,10-11H2,1-4H3. The SMILES string of the molecule is COc1ccc(C=C(C)CNCC(C)C)cc1. The molecule has 1 N–H and O–H groups in total. The predicted octanol–water partition coefficient (Wildman–Crippen LogP) is 3.34. The molecule has 0 spiro atoms. The lowest BCUT2D eigenvalue weighted by Gasteiger charge is -2.07. The Morgan fingerprint density at radius 1 is 1.29 bits per heavy atom. The quantitative estimate of drug-likeness (QED) is 0.813. The summed E-state index contributed by atoms with van der Waals surface area (Å²) < 4.78 is 5.13. The first kappa shape index (κ1) is 13.8. The Balaban J connectivity index is 2.49. The van der Waals surface area contributed by atoms with Crippen molar-refractivity contribution in [2.45, 2.75) is 20.8 Å². The van der Waals surface area contributed by atoms with Crippen molar-refractivity contribution in [1.82, 2.24) is 5.32 Å². The molecule has 2 heteroatoms. The normalized spacial score (nSPS) is 11.9. The molecule has 1 aromatic rings. The van der Waals surface area contributed by atoms with Crippen molar-refractivity contribution in [3.63, 3.8) is 0 Å². The van der Waals surface area contributed by atoms with Gasteiger partial charge in [0.15, 0.2) is 0 Å². The Morgan fingerprint density at radius 2 is 1.94 bits per heavy atom. The van der Waals surface area contributed by atoms with Gasteiger partial charge in [-0.2, -0.15) is 0 Å². The van der Waals surface area contributed by atoms with Gasteiger partial charge in [-0.3, -0.25) is 0 Å². The third kappa shape index (κ3) is 5.55. The van der Waals surface area contributed by atoms with E-state index in [0.717, 1.165) is 18.8 Å². The summed E-state index contributed by atoms with van der Waals surface area (Å²) in [6.45, 7) is 8.60. The van der Waals surface area contributed by atoms with Gasteiger partial charge in [0, 0.05) is 6.54 Å². The second kappa shape index (κ2) is 7.13. The zero-order valence-electron chi connectivity index (χ0n) is 11.3. The molecule has 0 aliphatic rings. The van der Waals surface area contributed by atoms with E-state index in [4.69, 9.17) is 4.74 Å². The molecule has 0 aliphatic heterocycles. The minimum absolute atomic E-state index is 0.698. The van der Waals surface area contributed by atoms with E-state index >= 15 is 0 Å². The molecule has 0 aliphatic carbocycles. The van der Waals surface area contributed by atoms with Crippen molar-refractivity contribution >= 4 is 6.08 Å². The van der Waals surface area contributed by atoms with E-state index in [1.54, 1.807) is 7.11 Å². The summed E-state index contributed by atoms with van der Waals surface area (Å²) in [5, 5.41) is 3.43. The number of hydrogen-bond acceptors (Lipinski definition) is 2. The van der Waals surface area contributed by atoms with Gasteiger partial charge in [0.1, 0.15) is 5.75 Å². The first-order valence-electron chi connectivity index (χ1n) is 6.13. The predicted molar refractivity (Wildman–Crippen MR) is 74.4 cm³/mol. The van der Waals surface area contributed by atoms with Crippen molar-refractivity contribution in [2.24, 2.45) is 5.92 Å². The minimum atomic E-state index is 0.698. The first-order valence-corrected chi connectivity index (χ1v) is 6.13. The van der Waals surface area contributed by atoms with Crippen LogP contribution in [0.25, 0.3) is 6.08 Å². The molecule has 0 aromatic heterocycles. The summed E-state index contributed by atoms with van der Waals surface area (Å²) in [4.78, 5) is 0. The summed E-state index contributed by atoms with van der Waals surface area (Å²) in [6, 6.07) is 8.12. The smallest absolute Gasteiger partial charge is 0.118 e. The van der Waals surface area contributed by atoms with Gasteiger partial charge in [0.25, 0.3) is 0 Å². The molecule has 0 atom stereocenters. The van der Waals surface area contributed by atoms with E-state index in [-0.39, 0.29) is 0 Å². The molecule has 0 heterocycles. The highest BCUT2D eigenvalue weighted by molar-refractivity contribution is 5.53. The third-order valence-corrected chi connectivity index (χ3v) is 2.49. The van der Waals surface area contributed by atoms with Crippen molar-refractivity contribution in [3.8, 4) is 5.75 Å². The minimum Gasteiger partial charge on any atom is -0.497 e. The molecular formula is C15H23NO. The molecule has 94 valence electrons. The monoisotopic (exact) mass is 233 g/mol. The van der Waals surface area contributed by atoms with Gasteiger partial charge >= 0.3 is 0 Å². The average molecular weight is 233 g/mol. The Morgan fingerprint density at radius 3 is 2.47 bits per heavy atom. The topological polar surface area (TPSA) is 21.3 Å². The summed E-state index contributed by atoms with van der Waals surface area (Å²) in [5.41, 5.74) is 2.56. The summed E-state index contributed by atoms with van der Waals surface area (Å²) in [7, 11) is 1.69. The highest BCUT2D eigenvalue weighted by atomic mass is 16.5. The van der Waals surface area contributed by atoms with E-state index in [9.17, 15) is 0 Å². The Kier molecular flexibility index (Phi) is 5.78. The highest BCUT2D eigenvalue weighted by Crippen LogP contribution is 2.13. The van der Waals surface area contributed by atoms with Crippen LogP contribution in [0.4, 0.5) is 0 Å². The van der Waals surface area contributed by atoms with Crippen molar-refractivity contribution < 1.29 is 4.74 Å². The molecule has 0 radical (unpaired) electrons. The van der Waals surface area contributed by atoms with Crippen LogP contribution in [-0.2, 0) is 0 Å². The number of nitrogens with one attached hydrogen (secondary N) is 1. The van der Waals surface area contributed by atoms with Gasteiger partial charge in [-0.15, -0.1) is 0 Å². The Bertz CT molecular complexity index is 352. The second-order valence-electron chi connectivity index (χ2n) is 4.79. The Labute approximate surface area is 105 Å². The van der Waals surface area contributed by atoms with Gasteiger partial charge in [0.2, 0.25) is 0 Å². The van der Waals surface area contributed by atoms with Crippen LogP contribution in [0.3, 0.4) is 0 Å².